The number of hydrogen-bond donors (Lipinski definition) is 2. The SMILES string of the molecule is O=C(O)CCc1cc(O)cc(OC(F)(F)F)c1. The second kappa shape index (κ2) is 4.94. The van der Waals surface area contributed by atoms with Crippen LogP contribution in [0.4, 0.5) is 13.2 Å². The maximum absolute atomic E-state index is 11.9. The van der Waals surface area contributed by atoms with E-state index in [0.29, 0.717) is 0 Å². The van der Waals surface area contributed by atoms with Crippen LogP contribution in [-0.2, 0) is 11.2 Å². The minimum atomic E-state index is -4.85. The summed E-state index contributed by atoms with van der Waals surface area (Å²) >= 11 is 0. The summed E-state index contributed by atoms with van der Waals surface area (Å²) in [4.78, 5) is 10.3. The Morgan fingerprint density at radius 3 is 2.47 bits per heavy atom. The molecule has 0 aliphatic heterocycles. The quantitative estimate of drug-likeness (QED) is 0.860. The number of rotatable bonds is 4. The number of carbonyl (C=O) groups is 1. The lowest BCUT2D eigenvalue weighted by Crippen LogP contribution is -2.17. The Morgan fingerprint density at radius 2 is 1.94 bits per heavy atom. The molecule has 0 radical (unpaired) electrons. The molecule has 1 aromatic rings. The molecule has 0 atom stereocenters. The maximum Gasteiger partial charge on any atom is 0.573 e. The fraction of sp³-hybridized carbons (Fsp3) is 0.300. The summed E-state index contributed by atoms with van der Waals surface area (Å²) in [5.74, 6) is -2.06. The van der Waals surface area contributed by atoms with Gasteiger partial charge in [-0.1, -0.05) is 0 Å². The molecule has 0 aromatic heterocycles. The van der Waals surface area contributed by atoms with E-state index >= 15 is 0 Å². The van der Waals surface area contributed by atoms with Gasteiger partial charge in [-0.2, -0.15) is 0 Å². The van der Waals surface area contributed by atoms with Crippen molar-refractivity contribution in [2.75, 3.05) is 0 Å². The third-order valence-corrected chi connectivity index (χ3v) is 1.81. The van der Waals surface area contributed by atoms with Crippen molar-refractivity contribution in [1.29, 1.82) is 0 Å². The van der Waals surface area contributed by atoms with E-state index in [1.807, 2.05) is 0 Å². The Hall–Kier alpha value is -1.92. The predicted molar refractivity (Wildman–Crippen MR) is 50.7 cm³/mol. The fourth-order valence-electron chi connectivity index (χ4n) is 1.23. The molecule has 0 saturated carbocycles. The van der Waals surface area contributed by atoms with E-state index < -0.39 is 23.8 Å². The van der Waals surface area contributed by atoms with Gasteiger partial charge in [-0.05, 0) is 24.1 Å². The van der Waals surface area contributed by atoms with Crippen LogP contribution in [0.15, 0.2) is 18.2 Å². The first-order valence-corrected chi connectivity index (χ1v) is 4.57. The van der Waals surface area contributed by atoms with Crippen molar-refractivity contribution in [1.82, 2.24) is 0 Å². The maximum atomic E-state index is 11.9. The predicted octanol–water partition coefficient (Wildman–Crippen LogP) is 2.31. The van der Waals surface area contributed by atoms with Crippen molar-refractivity contribution >= 4 is 5.97 Å². The van der Waals surface area contributed by atoms with Gasteiger partial charge in [-0.3, -0.25) is 4.79 Å². The van der Waals surface area contributed by atoms with Gasteiger partial charge < -0.3 is 14.9 Å². The van der Waals surface area contributed by atoms with Gasteiger partial charge in [0.25, 0.3) is 0 Å². The lowest BCUT2D eigenvalue weighted by Gasteiger charge is -2.10. The van der Waals surface area contributed by atoms with Crippen LogP contribution in [0.5, 0.6) is 11.5 Å². The molecule has 0 fully saturated rings. The molecule has 0 amide bonds. The second-order valence-corrected chi connectivity index (χ2v) is 3.28. The van der Waals surface area contributed by atoms with Crippen molar-refractivity contribution in [2.24, 2.45) is 0 Å². The van der Waals surface area contributed by atoms with Crippen molar-refractivity contribution in [3.05, 3.63) is 23.8 Å². The number of alkyl halides is 3. The molecule has 17 heavy (non-hydrogen) atoms. The Balaban J connectivity index is 2.83. The molecule has 0 heterocycles. The van der Waals surface area contributed by atoms with Crippen molar-refractivity contribution in [3.8, 4) is 11.5 Å². The summed E-state index contributed by atoms with van der Waals surface area (Å²) in [6.07, 6.45) is -5.08. The molecule has 7 heteroatoms. The standard InChI is InChI=1S/C10H9F3O4/c11-10(12,13)17-8-4-6(1-2-9(15)16)3-7(14)5-8/h3-5,14H,1-2H2,(H,15,16). The summed E-state index contributed by atoms with van der Waals surface area (Å²) in [5, 5.41) is 17.6. The Morgan fingerprint density at radius 1 is 1.29 bits per heavy atom. The van der Waals surface area contributed by atoms with Crippen LogP contribution in [0.2, 0.25) is 0 Å². The first-order chi connectivity index (χ1) is 7.76. The van der Waals surface area contributed by atoms with Crippen LogP contribution in [0.3, 0.4) is 0 Å². The molecule has 0 aliphatic carbocycles. The van der Waals surface area contributed by atoms with Crippen molar-refractivity contribution in [3.63, 3.8) is 0 Å². The van der Waals surface area contributed by atoms with Crippen LogP contribution in [0.1, 0.15) is 12.0 Å². The average molecular weight is 250 g/mol. The highest BCUT2D eigenvalue weighted by molar-refractivity contribution is 5.67. The van der Waals surface area contributed by atoms with Crippen molar-refractivity contribution < 1.29 is 32.9 Å². The number of phenols is 1. The Labute approximate surface area is 94.3 Å². The number of aryl methyl sites for hydroxylation is 1. The molecule has 0 unspecified atom stereocenters. The summed E-state index contributed by atoms with van der Waals surface area (Å²) in [6.45, 7) is 0. The average Bonchev–Trinajstić information content (AvgIpc) is 2.10. The number of hydrogen-bond acceptors (Lipinski definition) is 3. The molecular weight excluding hydrogens is 241 g/mol. The molecule has 2 N–H and O–H groups in total. The van der Waals surface area contributed by atoms with Gasteiger partial charge in [0.2, 0.25) is 0 Å². The van der Waals surface area contributed by atoms with Crippen LogP contribution in [0, 0.1) is 0 Å². The summed E-state index contributed by atoms with van der Waals surface area (Å²) in [6, 6.07) is 3.03. The highest BCUT2D eigenvalue weighted by Crippen LogP contribution is 2.27. The highest BCUT2D eigenvalue weighted by Gasteiger charge is 2.31. The van der Waals surface area contributed by atoms with Gasteiger partial charge in [0.1, 0.15) is 11.5 Å². The molecular formula is C10H9F3O4. The zero-order valence-electron chi connectivity index (χ0n) is 8.49. The summed E-state index contributed by atoms with van der Waals surface area (Å²) < 4.78 is 39.4. The van der Waals surface area contributed by atoms with Gasteiger partial charge >= 0.3 is 12.3 Å². The molecule has 0 bridgehead atoms. The Kier molecular flexibility index (Phi) is 3.82. The molecule has 1 rings (SSSR count). The first kappa shape index (κ1) is 13.1. The van der Waals surface area contributed by atoms with Crippen LogP contribution in [0.25, 0.3) is 0 Å². The van der Waals surface area contributed by atoms with E-state index in [0.717, 1.165) is 12.1 Å². The van der Waals surface area contributed by atoms with E-state index in [2.05, 4.69) is 4.74 Å². The zero-order valence-corrected chi connectivity index (χ0v) is 8.49. The number of aliphatic carboxylic acids is 1. The minimum absolute atomic E-state index is 0.0119. The summed E-state index contributed by atoms with van der Waals surface area (Å²) in [5.41, 5.74) is 0.256. The number of aromatic hydroxyl groups is 1. The molecule has 1 aromatic carbocycles. The van der Waals surface area contributed by atoms with Crippen molar-refractivity contribution in [2.45, 2.75) is 19.2 Å². The first-order valence-electron chi connectivity index (χ1n) is 4.57. The van der Waals surface area contributed by atoms with Crippen LogP contribution in [-0.4, -0.2) is 22.5 Å². The van der Waals surface area contributed by atoms with Crippen LogP contribution >= 0.6 is 0 Å². The van der Waals surface area contributed by atoms with E-state index in [1.54, 1.807) is 0 Å². The number of ether oxygens (including phenoxy) is 1. The van der Waals surface area contributed by atoms with Gasteiger partial charge in [0, 0.05) is 12.5 Å². The lowest BCUT2D eigenvalue weighted by molar-refractivity contribution is -0.274. The van der Waals surface area contributed by atoms with E-state index in [1.165, 1.54) is 6.07 Å². The Bertz CT molecular complexity index is 415. The molecule has 94 valence electrons. The van der Waals surface area contributed by atoms with E-state index in [4.69, 9.17) is 10.2 Å². The van der Waals surface area contributed by atoms with Gasteiger partial charge in [0.05, 0.1) is 0 Å². The zero-order chi connectivity index (χ0) is 13.1. The van der Waals surface area contributed by atoms with Gasteiger partial charge in [0.15, 0.2) is 0 Å². The van der Waals surface area contributed by atoms with E-state index in [-0.39, 0.29) is 18.4 Å². The molecule has 0 saturated heterocycles. The van der Waals surface area contributed by atoms with Gasteiger partial charge in [-0.15, -0.1) is 13.2 Å². The third kappa shape index (κ3) is 5.10. The van der Waals surface area contributed by atoms with Crippen LogP contribution < -0.4 is 4.74 Å². The third-order valence-electron chi connectivity index (χ3n) is 1.81. The number of carboxylic acid groups (broad SMARTS) is 1. The normalized spacial score (nSPS) is 11.2. The van der Waals surface area contributed by atoms with Gasteiger partial charge in [-0.25, -0.2) is 0 Å². The molecule has 0 aliphatic rings. The highest BCUT2D eigenvalue weighted by atomic mass is 19.4. The summed E-state index contributed by atoms with van der Waals surface area (Å²) in [7, 11) is 0. The number of halogens is 3. The second-order valence-electron chi connectivity index (χ2n) is 3.28. The topological polar surface area (TPSA) is 66.8 Å². The number of phenolic OH excluding ortho intramolecular Hbond substituents is 1. The smallest absolute Gasteiger partial charge is 0.508 e. The largest absolute Gasteiger partial charge is 0.573 e. The number of carboxylic acids is 1. The lowest BCUT2D eigenvalue weighted by atomic mass is 10.1. The molecule has 4 nitrogen and oxygen atoms in total. The minimum Gasteiger partial charge on any atom is -0.508 e. The van der Waals surface area contributed by atoms with E-state index in [9.17, 15) is 18.0 Å². The molecule has 0 spiro atoms. The fourth-order valence-corrected chi connectivity index (χ4v) is 1.23. The number of benzene rings is 1. The monoisotopic (exact) mass is 250 g/mol.